The lowest BCUT2D eigenvalue weighted by Gasteiger charge is -2.44. The van der Waals surface area contributed by atoms with Gasteiger partial charge < -0.3 is 15.3 Å². The van der Waals surface area contributed by atoms with Crippen molar-refractivity contribution < 1.29 is 14.7 Å². The van der Waals surface area contributed by atoms with Crippen molar-refractivity contribution in [3.05, 3.63) is 0 Å². The molecule has 6 nitrogen and oxygen atoms in total. The largest absolute Gasteiger partial charge is 0.480 e. The lowest BCUT2D eigenvalue weighted by Crippen LogP contribution is -2.58. The van der Waals surface area contributed by atoms with E-state index in [1.54, 1.807) is 0 Å². The fraction of sp³-hybridized carbons (Fsp3) is 0.882. The van der Waals surface area contributed by atoms with Crippen LogP contribution in [0.3, 0.4) is 0 Å². The Morgan fingerprint density at radius 2 is 2.00 bits per heavy atom. The maximum atomic E-state index is 12.5. The Kier molecular flexibility index (Phi) is 6.69. The first-order valence-corrected chi connectivity index (χ1v) is 9.08. The third kappa shape index (κ3) is 4.83. The fourth-order valence-electron chi connectivity index (χ4n) is 3.84. The molecule has 2 rings (SSSR count). The molecule has 1 saturated carbocycles. The molecular weight excluding hydrogens is 294 g/mol. The van der Waals surface area contributed by atoms with E-state index in [-0.39, 0.29) is 24.7 Å². The van der Waals surface area contributed by atoms with Crippen LogP contribution in [0, 0.1) is 0 Å². The Bertz CT molecular complexity index is 408. The first-order chi connectivity index (χ1) is 11.0. The Morgan fingerprint density at radius 1 is 1.26 bits per heavy atom. The van der Waals surface area contributed by atoms with Gasteiger partial charge in [0, 0.05) is 24.7 Å². The second kappa shape index (κ2) is 8.52. The molecule has 6 heteroatoms. The molecule has 23 heavy (non-hydrogen) atoms. The molecule has 1 heterocycles. The van der Waals surface area contributed by atoms with E-state index >= 15 is 0 Å². The maximum absolute atomic E-state index is 12.5. The Labute approximate surface area is 139 Å². The molecule has 2 aliphatic rings. The molecule has 1 atom stereocenters. The van der Waals surface area contributed by atoms with E-state index in [4.69, 9.17) is 5.11 Å². The van der Waals surface area contributed by atoms with Crippen molar-refractivity contribution in [2.75, 3.05) is 19.6 Å². The summed E-state index contributed by atoms with van der Waals surface area (Å²) >= 11 is 0. The van der Waals surface area contributed by atoms with Crippen LogP contribution < -0.4 is 5.32 Å². The number of amides is 2. The molecule has 2 fully saturated rings. The van der Waals surface area contributed by atoms with Crippen LogP contribution in [0.15, 0.2) is 0 Å². The van der Waals surface area contributed by atoms with Crippen molar-refractivity contribution in [1.82, 2.24) is 15.1 Å². The normalized spacial score (nSPS) is 27.6. The number of likely N-dealkylation sites (tertiary alicyclic amines) is 1. The highest BCUT2D eigenvalue weighted by Crippen LogP contribution is 2.27. The van der Waals surface area contributed by atoms with Crippen LogP contribution in [0.25, 0.3) is 0 Å². The van der Waals surface area contributed by atoms with E-state index < -0.39 is 5.97 Å². The Balaban J connectivity index is 1.77. The van der Waals surface area contributed by atoms with Crippen LogP contribution in [-0.2, 0) is 4.79 Å². The van der Waals surface area contributed by atoms with Crippen LogP contribution >= 0.6 is 0 Å². The average Bonchev–Trinajstić information content (AvgIpc) is 2.49. The van der Waals surface area contributed by atoms with E-state index in [1.807, 2.05) is 16.7 Å². The third-order valence-electron chi connectivity index (χ3n) is 5.21. The molecule has 1 aliphatic carbocycles. The fourth-order valence-corrected chi connectivity index (χ4v) is 3.84. The van der Waals surface area contributed by atoms with Crippen LogP contribution in [-0.4, -0.2) is 64.7 Å². The average molecular weight is 325 g/mol. The van der Waals surface area contributed by atoms with Crippen molar-refractivity contribution in [2.24, 2.45) is 0 Å². The summed E-state index contributed by atoms with van der Waals surface area (Å²) in [5.74, 6) is -0.782. The molecule has 1 aliphatic heterocycles. The zero-order valence-corrected chi connectivity index (χ0v) is 14.5. The molecule has 0 spiro atoms. The smallest absolute Gasteiger partial charge is 0.317 e. The van der Waals surface area contributed by atoms with E-state index in [2.05, 4.69) is 12.2 Å². The first kappa shape index (κ1) is 18.0. The molecule has 0 aromatic carbocycles. The van der Waals surface area contributed by atoms with E-state index in [0.717, 1.165) is 51.6 Å². The number of carboxylic acid groups (broad SMARTS) is 1. The summed E-state index contributed by atoms with van der Waals surface area (Å²) in [7, 11) is 0. The van der Waals surface area contributed by atoms with Gasteiger partial charge in [0.1, 0.15) is 0 Å². The minimum atomic E-state index is -0.782. The lowest BCUT2D eigenvalue weighted by atomic mass is 9.85. The molecule has 1 unspecified atom stereocenters. The lowest BCUT2D eigenvalue weighted by molar-refractivity contribution is -0.139. The second-order valence-electron chi connectivity index (χ2n) is 6.86. The monoisotopic (exact) mass is 325 g/mol. The molecule has 1 saturated heterocycles. The molecule has 0 bridgehead atoms. The molecule has 2 N–H and O–H groups in total. The summed E-state index contributed by atoms with van der Waals surface area (Å²) in [5.41, 5.74) is 0. The number of aliphatic carboxylic acids is 1. The summed E-state index contributed by atoms with van der Waals surface area (Å²) in [6.45, 7) is 5.85. The van der Waals surface area contributed by atoms with Gasteiger partial charge in [0.05, 0.1) is 6.54 Å². The predicted molar refractivity (Wildman–Crippen MR) is 89.5 cm³/mol. The zero-order chi connectivity index (χ0) is 16.8. The number of nitrogens with zero attached hydrogens (tertiary/aromatic N) is 2. The number of rotatable bonds is 7. The highest BCUT2D eigenvalue weighted by Gasteiger charge is 2.36. The molecule has 0 aromatic rings. The van der Waals surface area contributed by atoms with Crippen molar-refractivity contribution in [3.8, 4) is 0 Å². The summed E-state index contributed by atoms with van der Waals surface area (Å²) in [6, 6.07) is 0.949. The zero-order valence-electron chi connectivity index (χ0n) is 14.5. The number of piperidine rings is 1. The number of carboxylic acids is 1. The maximum Gasteiger partial charge on any atom is 0.317 e. The van der Waals surface area contributed by atoms with Gasteiger partial charge in [-0.2, -0.15) is 0 Å². The predicted octanol–water partition coefficient (Wildman–Crippen LogP) is 2.29. The molecule has 132 valence electrons. The number of carbonyl (C=O) groups is 2. The Hall–Kier alpha value is -1.30. The number of likely N-dealkylation sites (N-methyl/N-ethyl adjacent to an activating group) is 1. The quantitative estimate of drug-likeness (QED) is 0.753. The topological polar surface area (TPSA) is 72.9 Å². The van der Waals surface area contributed by atoms with Crippen LogP contribution in [0.5, 0.6) is 0 Å². The van der Waals surface area contributed by atoms with Gasteiger partial charge >= 0.3 is 12.0 Å². The highest BCUT2D eigenvalue weighted by molar-refractivity contribution is 5.75. The third-order valence-corrected chi connectivity index (χ3v) is 5.21. The van der Waals surface area contributed by atoms with Crippen molar-refractivity contribution in [1.29, 1.82) is 0 Å². The van der Waals surface area contributed by atoms with Gasteiger partial charge in [-0.1, -0.05) is 20.3 Å². The van der Waals surface area contributed by atoms with Crippen LogP contribution in [0.1, 0.15) is 58.8 Å². The Morgan fingerprint density at radius 3 is 2.61 bits per heavy atom. The van der Waals surface area contributed by atoms with Gasteiger partial charge in [0.15, 0.2) is 0 Å². The van der Waals surface area contributed by atoms with E-state index in [1.165, 1.54) is 6.42 Å². The second-order valence-corrected chi connectivity index (χ2v) is 6.86. The minimum Gasteiger partial charge on any atom is -0.480 e. The summed E-state index contributed by atoms with van der Waals surface area (Å²) < 4.78 is 0. The number of hydrogen-bond acceptors (Lipinski definition) is 3. The SMILES string of the molecule is CCCC1CCCCN1C(=O)NC1CC(N(CC)CC(=O)O)C1. The summed E-state index contributed by atoms with van der Waals surface area (Å²) in [5, 5.41) is 12.1. The molecule has 0 aromatic heterocycles. The number of carbonyl (C=O) groups excluding carboxylic acids is 1. The van der Waals surface area contributed by atoms with Crippen molar-refractivity contribution >= 4 is 12.0 Å². The number of hydrogen-bond donors (Lipinski definition) is 2. The van der Waals surface area contributed by atoms with Gasteiger partial charge in [0.25, 0.3) is 0 Å². The standard InChI is InChI=1S/C17H31N3O3/c1-3-7-14-8-5-6-9-20(14)17(23)18-13-10-15(11-13)19(4-2)12-16(21)22/h13-15H,3-12H2,1-2H3,(H,18,23)(H,21,22). The van der Waals surface area contributed by atoms with E-state index in [9.17, 15) is 9.59 Å². The van der Waals surface area contributed by atoms with E-state index in [0.29, 0.717) is 6.04 Å². The van der Waals surface area contributed by atoms with Gasteiger partial charge in [-0.15, -0.1) is 0 Å². The summed E-state index contributed by atoms with van der Waals surface area (Å²) in [4.78, 5) is 27.4. The van der Waals surface area contributed by atoms with Gasteiger partial charge in [0.2, 0.25) is 0 Å². The van der Waals surface area contributed by atoms with Crippen molar-refractivity contribution in [3.63, 3.8) is 0 Å². The van der Waals surface area contributed by atoms with Crippen molar-refractivity contribution in [2.45, 2.75) is 76.9 Å². The minimum absolute atomic E-state index is 0.0767. The van der Waals surface area contributed by atoms with Crippen LogP contribution in [0.2, 0.25) is 0 Å². The van der Waals surface area contributed by atoms with Gasteiger partial charge in [-0.3, -0.25) is 9.69 Å². The molecule has 0 radical (unpaired) electrons. The summed E-state index contributed by atoms with van der Waals surface area (Å²) in [6.07, 6.45) is 7.36. The molecular formula is C17H31N3O3. The van der Waals surface area contributed by atoms with Gasteiger partial charge in [-0.05, 0) is 45.1 Å². The first-order valence-electron chi connectivity index (χ1n) is 9.08. The molecule has 2 amide bonds. The van der Waals surface area contributed by atoms with Crippen LogP contribution in [0.4, 0.5) is 4.79 Å². The highest BCUT2D eigenvalue weighted by atomic mass is 16.4. The number of urea groups is 1. The van der Waals surface area contributed by atoms with Gasteiger partial charge in [-0.25, -0.2) is 4.79 Å². The number of nitrogens with one attached hydrogen (secondary N) is 1.